The van der Waals surface area contributed by atoms with E-state index in [9.17, 15) is 0 Å². The van der Waals surface area contributed by atoms with Gasteiger partial charge < -0.3 is 4.57 Å². The molecule has 0 N–H and O–H groups in total. The van der Waals surface area contributed by atoms with Gasteiger partial charge in [-0.2, -0.15) is 5.10 Å². The molecule has 110 valence electrons. The summed E-state index contributed by atoms with van der Waals surface area (Å²) in [5, 5.41) is 6.57. The Balaban J connectivity index is 2.11. The normalized spacial score (nSPS) is 11.4. The maximum absolute atomic E-state index is 6.44. The number of hydrogen-bond donors (Lipinski definition) is 0. The largest absolute Gasteiger partial charge is 0.341 e. The van der Waals surface area contributed by atoms with E-state index in [2.05, 4.69) is 54.0 Å². The lowest BCUT2D eigenvalue weighted by molar-refractivity contribution is 0.601. The van der Waals surface area contributed by atoms with E-state index < -0.39 is 0 Å². The van der Waals surface area contributed by atoms with Crippen molar-refractivity contribution in [3.8, 4) is 0 Å². The first-order chi connectivity index (χ1) is 10.2. The summed E-state index contributed by atoms with van der Waals surface area (Å²) in [4.78, 5) is 0. The van der Waals surface area contributed by atoms with Crippen LogP contribution >= 0.6 is 11.6 Å². The van der Waals surface area contributed by atoms with E-state index in [-0.39, 0.29) is 0 Å². The molecule has 0 fully saturated rings. The number of halogens is 1. The smallest absolute Gasteiger partial charge is 0.0865 e. The summed E-state index contributed by atoms with van der Waals surface area (Å²) in [7, 11) is 0. The molecule has 4 heteroatoms. The maximum Gasteiger partial charge on any atom is 0.0865 e. The van der Waals surface area contributed by atoms with Gasteiger partial charge in [0.05, 0.1) is 28.5 Å². The van der Waals surface area contributed by atoms with Crippen molar-refractivity contribution < 1.29 is 0 Å². The fraction of sp³-hybridized carbons (Fsp3) is 0.353. The van der Waals surface area contributed by atoms with E-state index >= 15 is 0 Å². The number of aromatic nitrogens is 3. The van der Waals surface area contributed by atoms with Gasteiger partial charge in [-0.1, -0.05) is 36.7 Å². The quantitative estimate of drug-likeness (QED) is 0.699. The fourth-order valence-electron chi connectivity index (χ4n) is 2.94. The van der Waals surface area contributed by atoms with Crippen LogP contribution in [0.15, 0.2) is 30.5 Å². The van der Waals surface area contributed by atoms with Crippen LogP contribution in [0.3, 0.4) is 0 Å². The van der Waals surface area contributed by atoms with E-state index in [0.29, 0.717) is 0 Å². The van der Waals surface area contributed by atoms with Gasteiger partial charge in [-0.15, -0.1) is 0 Å². The van der Waals surface area contributed by atoms with E-state index in [0.717, 1.165) is 35.9 Å². The lowest BCUT2D eigenvalue weighted by Gasteiger charge is -2.10. The van der Waals surface area contributed by atoms with Gasteiger partial charge in [-0.05, 0) is 37.3 Å². The molecule has 0 aliphatic heterocycles. The molecule has 0 bridgehead atoms. The molecule has 0 spiro atoms. The molecule has 3 aromatic rings. The number of rotatable bonds is 4. The standard InChI is InChI=1S/C17H20ClN3/c1-4-13-7-6-8-14-9-10-20(17(13)14)11-15-16(18)12(3)19-21(15)5-2/h6-10H,4-5,11H2,1-3H3. The number of fused-ring (bicyclic) bond motifs is 1. The Bertz CT molecular complexity index is 783. The average molecular weight is 302 g/mol. The van der Waals surface area contributed by atoms with Gasteiger partial charge in [0.1, 0.15) is 0 Å². The van der Waals surface area contributed by atoms with Crippen molar-refractivity contribution >= 4 is 22.5 Å². The lowest BCUT2D eigenvalue weighted by Crippen LogP contribution is -2.08. The number of nitrogens with zero attached hydrogens (tertiary/aromatic N) is 3. The van der Waals surface area contributed by atoms with Crippen molar-refractivity contribution in [3.63, 3.8) is 0 Å². The summed E-state index contributed by atoms with van der Waals surface area (Å²) in [5.74, 6) is 0. The van der Waals surface area contributed by atoms with Crippen LogP contribution in [-0.4, -0.2) is 14.3 Å². The molecule has 21 heavy (non-hydrogen) atoms. The zero-order valence-corrected chi connectivity index (χ0v) is 13.5. The number of para-hydroxylation sites is 1. The second kappa shape index (κ2) is 5.57. The third-order valence-electron chi connectivity index (χ3n) is 4.03. The van der Waals surface area contributed by atoms with Gasteiger partial charge in [0.15, 0.2) is 0 Å². The van der Waals surface area contributed by atoms with E-state index in [1.54, 1.807) is 0 Å². The maximum atomic E-state index is 6.44. The zero-order chi connectivity index (χ0) is 15.0. The van der Waals surface area contributed by atoms with Crippen LogP contribution in [0.4, 0.5) is 0 Å². The highest BCUT2D eigenvalue weighted by molar-refractivity contribution is 6.31. The molecule has 3 rings (SSSR count). The van der Waals surface area contributed by atoms with E-state index in [1.807, 2.05) is 11.6 Å². The molecule has 0 aliphatic rings. The molecule has 0 saturated carbocycles. The molecule has 0 radical (unpaired) electrons. The number of aryl methyl sites for hydroxylation is 3. The summed E-state index contributed by atoms with van der Waals surface area (Å²) in [6, 6.07) is 8.65. The van der Waals surface area contributed by atoms with Gasteiger partial charge in [0.2, 0.25) is 0 Å². The fourth-order valence-corrected chi connectivity index (χ4v) is 3.13. The highest BCUT2D eigenvalue weighted by Gasteiger charge is 2.14. The minimum absolute atomic E-state index is 0.758. The Labute approximate surface area is 130 Å². The molecule has 0 saturated heterocycles. The zero-order valence-electron chi connectivity index (χ0n) is 12.7. The summed E-state index contributed by atoms with van der Waals surface area (Å²) in [6.07, 6.45) is 3.17. The summed E-state index contributed by atoms with van der Waals surface area (Å²) in [5.41, 5.74) is 4.66. The second-order valence-electron chi connectivity index (χ2n) is 5.31. The molecular weight excluding hydrogens is 282 g/mol. The summed E-state index contributed by atoms with van der Waals surface area (Å²) in [6.45, 7) is 7.84. The van der Waals surface area contributed by atoms with Crippen molar-refractivity contribution in [1.29, 1.82) is 0 Å². The molecule has 0 atom stereocenters. The van der Waals surface area contributed by atoms with Crippen LogP contribution in [0.25, 0.3) is 10.9 Å². The predicted molar refractivity (Wildman–Crippen MR) is 88.1 cm³/mol. The first kappa shape index (κ1) is 14.2. The van der Waals surface area contributed by atoms with Crippen LogP contribution in [0.5, 0.6) is 0 Å². The second-order valence-corrected chi connectivity index (χ2v) is 5.69. The molecular formula is C17H20ClN3. The Morgan fingerprint density at radius 2 is 2.00 bits per heavy atom. The van der Waals surface area contributed by atoms with Gasteiger partial charge in [-0.25, -0.2) is 0 Å². The van der Waals surface area contributed by atoms with Crippen molar-refractivity contribution in [2.24, 2.45) is 0 Å². The summed E-state index contributed by atoms with van der Waals surface area (Å²) >= 11 is 6.44. The van der Waals surface area contributed by atoms with Crippen LogP contribution in [-0.2, 0) is 19.5 Å². The van der Waals surface area contributed by atoms with E-state index in [4.69, 9.17) is 11.6 Å². The van der Waals surface area contributed by atoms with Crippen LogP contribution in [0.2, 0.25) is 5.02 Å². The Kier molecular flexibility index (Phi) is 3.77. The van der Waals surface area contributed by atoms with Gasteiger partial charge in [0.25, 0.3) is 0 Å². The van der Waals surface area contributed by atoms with Crippen molar-refractivity contribution in [1.82, 2.24) is 14.3 Å². The molecule has 0 unspecified atom stereocenters. The Morgan fingerprint density at radius 3 is 2.71 bits per heavy atom. The first-order valence-corrected chi connectivity index (χ1v) is 7.82. The summed E-state index contributed by atoms with van der Waals surface area (Å²) < 4.78 is 4.28. The topological polar surface area (TPSA) is 22.8 Å². The molecule has 3 nitrogen and oxygen atoms in total. The third kappa shape index (κ3) is 2.36. The first-order valence-electron chi connectivity index (χ1n) is 7.44. The van der Waals surface area contributed by atoms with Crippen LogP contribution < -0.4 is 0 Å². The minimum Gasteiger partial charge on any atom is -0.341 e. The van der Waals surface area contributed by atoms with Crippen molar-refractivity contribution in [2.45, 2.75) is 40.3 Å². The van der Waals surface area contributed by atoms with Gasteiger partial charge >= 0.3 is 0 Å². The van der Waals surface area contributed by atoms with Crippen molar-refractivity contribution in [2.75, 3.05) is 0 Å². The number of benzene rings is 1. The van der Waals surface area contributed by atoms with E-state index in [1.165, 1.54) is 16.5 Å². The van der Waals surface area contributed by atoms with Gasteiger partial charge in [-0.3, -0.25) is 4.68 Å². The lowest BCUT2D eigenvalue weighted by atomic mass is 10.1. The Hall–Kier alpha value is -1.74. The highest BCUT2D eigenvalue weighted by atomic mass is 35.5. The molecule has 0 amide bonds. The number of hydrogen-bond acceptors (Lipinski definition) is 1. The predicted octanol–water partition coefficient (Wildman–Crippen LogP) is 4.43. The molecule has 2 aromatic heterocycles. The molecule has 0 aliphatic carbocycles. The Morgan fingerprint density at radius 1 is 1.19 bits per heavy atom. The van der Waals surface area contributed by atoms with Crippen LogP contribution in [0.1, 0.15) is 30.8 Å². The SMILES string of the molecule is CCc1cccc2ccn(Cc3c(Cl)c(C)nn3CC)c12. The highest BCUT2D eigenvalue weighted by Crippen LogP contribution is 2.25. The van der Waals surface area contributed by atoms with Crippen LogP contribution in [0, 0.1) is 6.92 Å². The third-order valence-corrected chi connectivity index (χ3v) is 4.52. The van der Waals surface area contributed by atoms with Gasteiger partial charge in [0, 0.05) is 12.7 Å². The molecule has 1 aromatic carbocycles. The monoisotopic (exact) mass is 301 g/mol. The molecule has 2 heterocycles. The van der Waals surface area contributed by atoms with Crippen molar-refractivity contribution in [3.05, 3.63) is 52.4 Å². The minimum atomic E-state index is 0.758. The average Bonchev–Trinajstić information content (AvgIpc) is 3.03.